The van der Waals surface area contributed by atoms with E-state index in [2.05, 4.69) is 6.92 Å². The van der Waals surface area contributed by atoms with E-state index in [9.17, 15) is 4.79 Å². The molecule has 0 aliphatic heterocycles. The maximum Gasteiger partial charge on any atom is 0.328 e. The van der Waals surface area contributed by atoms with Crippen molar-refractivity contribution in [3.05, 3.63) is 29.8 Å². The van der Waals surface area contributed by atoms with Gasteiger partial charge in [-0.3, -0.25) is 0 Å². The minimum absolute atomic E-state index is 0.539. The van der Waals surface area contributed by atoms with Gasteiger partial charge in [-0.15, -0.1) is 0 Å². The van der Waals surface area contributed by atoms with Crippen LogP contribution >= 0.6 is 0 Å². The van der Waals surface area contributed by atoms with E-state index >= 15 is 0 Å². The van der Waals surface area contributed by atoms with Gasteiger partial charge in [0.05, 0.1) is 13.2 Å². The molecule has 20 heavy (non-hydrogen) atoms. The molecule has 1 aromatic rings. The zero-order valence-corrected chi connectivity index (χ0v) is 12.1. The minimum Gasteiger partial charge on any atom is -0.490 e. The molecule has 0 saturated carbocycles. The van der Waals surface area contributed by atoms with Gasteiger partial charge in [-0.05, 0) is 37.1 Å². The van der Waals surface area contributed by atoms with Crippen molar-refractivity contribution in [3.8, 4) is 11.5 Å². The van der Waals surface area contributed by atoms with E-state index in [1.54, 1.807) is 6.07 Å². The van der Waals surface area contributed by atoms with Gasteiger partial charge >= 0.3 is 5.97 Å². The minimum atomic E-state index is -0.970. The highest BCUT2D eigenvalue weighted by Crippen LogP contribution is 2.29. The molecule has 0 amide bonds. The summed E-state index contributed by atoms with van der Waals surface area (Å²) < 4.78 is 11.2. The number of hydrogen-bond donors (Lipinski definition) is 1. The lowest BCUT2D eigenvalue weighted by Gasteiger charge is -2.12. The van der Waals surface area contributed by atoms with E-state index in [-0.39, 0.29) is 0 Å². The second-order valence-corrected chi connectivity index (χ2v) is 4.37. The third-order valence-electron chi connectivity index (χ3n) is 2.69. The first kappa shape index (κ1) is 16.1. The fourth-order valence-electron chi connectivity index (χ4n) is 1.72. The summed E-state index contributed by atoms with van der Waals surface area (Å²) in [4.78, 5) is 10.5. The number of benzene rings is 1. The summed E-state index contributed by atoms with van der Waals surface area (Å²) in [7, 11) is 0. The molecule has 4 heteroatoms. The number of carbonyl (C=O) groups is 1. The molecule has 0 aliphatic carbocycles. The lowest BCUT2D eigenvalue weighted by Crippen LogP contribution is -2.01. The molecule has 0 aromatic heterocycles. The van der Waals surface area contributed by atoms with Crippen LogP contribution in [0.5, 0.6) is 11.5 Å². The molecule has 0 radical (unpaired) electrons. The van der Waals surface area contributed by atoms with Gasteiger partial charge in [-0.2, -0.15) is 0 Å². The van der Waals surface area contributed by atoms with Gasteiger partial charge in [0.2, 0.25) is 0 Å². The quantitative estimate of drug-likeness (QED) is 0.552. The normalized spacial score (nSPS) is 10.7. The van der Waals surface area contributed by atoms with Crippen molar-refractivity contribution in [2.45, 2.75) is 33.1 Å². The van der Waals surface area contributed by atoms with Gasteiger partial charge in [0.15, 0.2) is 11.5 Å². The molecular weight excluding hydrogens is 256 g/mol. The van der Waals surface area contributed by atoms with Crippen molar-refractivity contribution in [3.63, 3.8) is 0 Å². The SMILES string of the molecule is CCCCCOc1ccc(C=CC(=O)O)cc1OCC. The summed E-state index contributed by atoms with van der Waals surface area (Å²) in [5.74, 6) is 0.384. The second-order valence-electron chi connectivity index (χ2n) is 4.37. The topological polar surface area (TPSA) is 55.8 Å². The van der Waals surface area contributed by atoms with Crippen molar-refractivity contribution in [1.82, 2.24) is 0 Å². The van der Waals surface area contributed by atoms with E-state index < -0.39 is 5.97 Å². The summed E-state index contributed by atoms with van der Waals surface area (Å²) in [6.45, 7) is 5.26. The molecule has 0 bridgehead atoms. The molecule has 0 spiro atoms. The Labute approximate surface area is 120 Å². The Hall–Kier alpha value is -1.97. The number of carboxylic acid groups (broad SMARTS) is 1. The van der Waals surface area contributed by atoms with Crippen LogP contribution < -0.4 is 9.47 Å². The average molecular weight is 278 g/mol. The smallest absolute Gasteiger partial charge is 0.328 e. The first-order valence-corrected chi connectivity index (χ1v) is 6.98. The van der Waals surface area contributed by atoms with E-state index in [1.807, 2.05) is 19.1 Å². The molecule has 0 atom stereocenters. The highest BCUT2D eigenvalue weighted by atomic mass is 16.5. The van der Waals surface area contributed by atoms with Crippen LogP contribution in [0.15, 0.2) is 24.3 Å². The highest BCUT2D eigenvalue weighted by molar-refractivity contribution is 5.85. The number of hydrogen-bond acceptors (Lipinski definition) is 3. The van der Waals surface area contributed by atoms with Crippen molar-refractivity contribution in [2.75, 3.05) is 13.2 Å². The lowest BCUT2D eigenvalue weighted by atomic mass is 10.2. The van der Waals surface area contributed by atoms with Gasteiger partial charge < -0.3 is 14.6 Å². The summed E-state index contributed by atoms with van der Waals surface area (Å²) in [6, 6.07) is 5.42. The molecule has 0 saturated heterocycles. The Bertz CT molecular complexity index is 452. The molecule has 1 aromatic carbocycles. The zero-order valence-electron chi connectivity index (χ0n) is 12.1. The predicted octanol–water partition coefficient (Wildman–Crippen LogP) is 3.75. The van der Waals surface area contributed by atoms with Crippen LogP contribution in [0, 0.1) is 0 Å². The van der Waals surface area contributed by atoms with Crippen molar-refractivity contribution < 1.29 is 19.4 Å². The first-order chi connectivity index (χ1) is 9.67. The fraction of sp³-hybridized carbons (Fsp3) is 0.438. The van der Waals surface area contributed by atoms with E-state index in [0.717, 1.165) is 30.9 Å². The number of unbranched alkanes of at least 4 members (excludes halogenated alkanes) is 2. The summed E-state index contributed by atoms with van der Waals surface area (Å²) in [6.07, 6.45) is 5.95. The second kappa shape index (κ2) is 9.02. The maximum atomic E-state index is 10.5. The van der Waals surface area contributed by atoms with Crippen LogP contribution in [0.3, 0.4) is 0 Å². The van der Waals surface area contributed by atoms with E-state index in [1.165, 1.54) is 6.08 Å². The molecule has 1 rings (SSSR count). The molecule has 0 heterocycles. The standard InChI is InChI=1S/C16H22O4/c1-3-5-6-11-20-14-9-7-13(8-10-16(17)18)12-15(14)19-4-2/h7-10,12H,3-6,11H2,1-2H3,(H,17,18). The third kappa shape index (κ3) is 5.78. The number of carboxylic acids is 1. The van der Waals surface area contributed by atoms with Gasteiger partial charge in [0.25, 0.3) is 0 Å². The van der Waals surface area contributed by atoms with Crippen molar-refractivity contribution in [1.29, 1.82) is 0 Å². The lowest BCUT2D eigenvalue weighted by molar-refractivity contribution is -0.131. The summed E-state index contributed by atoms with van der Waals surface area (Å²) in [5, 5.41) is 8.63. The molecule has 0 unspecified atom stereocenters. The fourth-order valence-corrected chi connectivity index (χ4v) is 1.72. The van der Waals surface area contributed by atoms with Gasteiger partial charge in [-0.25, -0.2) is 4.79 Å². The van der Waals surface area contributed by atoms with Crippen LogP contribution in [0.4, 0.5) is 0 Å². The van der Waals surface area contributed by atoms with Crippen LogP contribution in [0.2, 0.25) is 0 Å². The van der Waals surface area contributed by atoms with Crippen molar-refractivity contribution in [2.24, 2.45) is 0 Å². The Morgan fingerprint density at radius 1 is 1.20 bits per heavy atom. The molecule has 1 N–H and O–H groups in total. The van der Waals surface area contributed by atoms with Gasteiger partial charge in [-0.1, -0.05) is 25.8 Å². The highest BCUT2D eigenvalue weighted by Gasteiger charge is 2.05. The number of aliphatic carboxylic acids is 1. The molecule has 0 aliphatic rings. The Morgan fingerprint density at radius 3 is 2.65 bits per heavy atom. The van der Waals surface area contributed by atoms with E-state index in [4.69, 9.17) is 14.6 Å². The Balaban J connectivity index is 2.76. The molecular formula is C16H22O4. The number of ether oxygens (including phenoxy) is 2. The van der Waals surface area contributed by atoms with Crippen LogP contribution in [-0.4, -0.2) is 24.3 Å². The first-order valence-electron chi connectivity index (χ1n) is 6.98. The predicted molar refractivity (Wildman–Crippen MR) is 79.3 cm³/mol. The number of rotatable bonds is 9. The van der Waals surface area contributed by atoms with Crippen LogP contribution in [0.25, 0.3) is 6.08 Å². The molecule has 0 fully saturated rings. The maximum absolute atomic E-state index is 10.5. The summed E-state index contributed by atoms with van der Waals surface area (Å²) in [5.41, 5.74) is 0.775. The third-order valence-corrected chi connectivity index (χ3v) is 2.69. The molecule has 110 valence electrons. The zero-order chi connectivity index (χ0) is 14.8. The van der Waals surface area contributed by atoms with Crippen molar-refractivity contribution >= 4 is 12.0 Å². The van der Waals surface area contributed by atoms with Gasteiger partial charge in [0, 0.05) is 6.08 Å². The Morgan fingerprint density at radius 2 is 2.00 bits per heavy atom. The monoisotopic (exact) mass is 278 g/mol. The summed E-state index contributed by atoms with van der Waals surface area (Å²) >= 11 is 0. The largest absolute Gasteiger partial charge is 0.490 e. The van der Waals surface area contributed by atoms with Crippen LogP contribution in [-0.2, 0) is 4.79 Å². The average Bonchev–Trinajstić information content (AvgIpc) is 2.43. The molecule has 4 nitrogen and oxygen atoms in total. The Kier molecular flexibility index (Phi) is 7.25. The van der Waals surface area contributed by atoms with Gasteiger partial charge in [0.1, 0.15) is 0 Å². The van der Waals surface area contributed by atoms with E-state index in [0.29, 0.717) is 24.7 Å². The van der Waals surface area contributed by atoms with Crippen LogP contribution in [0.1, 0.15) is 38.7 Å².